The first-order valence-corrected chi connectivity index (χ1v) is 40.7. The fraction of sp³-hybridized carbons (Fsp3) is 0.340. The minimum Gasteiger partial charge on any atom is -0.455 e. The molecule has 530 valence electrons. The molecule has 0 spiro atoms. The average molecular weight is 1370 g/mol. The molecule has 0 bridgehead atoms. The van der Waals surface area contributed by atoms with Crippen molar-refractivity contribution < 1.29 is 8.83 Å². The number of rotatable bonds is 36. The van der Waals surface area contributed by atoms with Gasteiger partial charge in [0.2, 0.25) is 0 Å². The highest BCUT2D eigenvalue weighted by Crippen LogP contribution is 2.65. The molecule has 4 heteroatoms. The van der Waals surface area contributed by atoms with Crippen LogP contribution in [-0.4, -0.2) is 0 Å². The summed E-state index contributed by atoms with van der Waals surface area (Å²) in [6, 6.07) is 91.4. The number of furan rings is 2. The van der Waals surface area contributed by atoms with Crippen LogP contribution in [0.1, 0.15) is 230 Å². The molecule has 0 saturated carbocycles. The van der Waals surface area contributed by atoms with Crippen molar-refractivity contribution in [2.45, 2.75) is 218 Å². The molecule has 0 atom stereocenters. The maximum atomic E-state index is 7.48. The second-order valence-electron chi connectivity index (χ2n) is 30.6. The molecule has 2 aromatic heterocycles. The van der Waals surface area contributed by atoms with Gasteiger partial charge in [0.15, 0.2) is 0 Å². The van der Waals surface area contributed by atoms with E-state index in [9.17, 15) is 0 Å². The van der Waals surface area contributed by atoms with E-state index in [1.165, 1.54) is 242 Å². The summed E-state index contributed by atoms with van der Waals surface area (Å²) >= 11 is 0. The highest BCUT2D eigenvalue weighted by atomic mass is 16.3. The van der Waals surface area contributed by atoms with Gasteiger partial charge in [-0.05, 0) is 191 Å². The molecule has 0 N–H and O–H groups in total. The van der Waals surface area contributed by atoms with Crippen molar-refractivity contribution in [1.29, 1.82) is 0 Å². The Hall–Kier alpha value is -9.38. The lowest BCUT2D eigenvalue weighted by molar-refractivity contribution is 0.394. The Balaban J connectivity index is 0.981. The highest BCUT2D eigenvalue weighted by molar-refractivity contribution is 6.21. The Labute approximate surface area is 620 Å². The molecular formula is C100H108N2O2. The molecule has 2 aliphatic rings. The van der Waals surface area contributed by atoms with Crippen LogP contribution in [0.25, 0.3) is 88.4 Å². The number of fused-ring (bicyclic) bond motifs is 14. The van der Waals surface area contributed by atoms with Crippen molar-refractivity contribution in [2.75, 3.05) is 9.80 Å². The third-order valence-corrected chi connectivity index (χ3v) is 23.8. The molecule has 15 rings (SSSR count). The molecular weight excluding hydrogens is 1260 g/mol. The topological polar surface area (TPSA) is 32.8 Å². The van der Waals surface area contributed by atoms with E-state index in [0.29, 0.717) is 0 Å². The monoisotopic (exact) mass is 1370 g/mol. The summed E-state index contributed by atoms with van der Waals surface area (Å²) in [5, 5.41) is 4.98. The molecule has 0 saturated heterocycles. The molecule has 2 aliphatic carbocycles. The van der Waals surface area contributed by atoms with Crippen molar-refractivity contribution in [2.24, 2.45) is 0 Å². The fourth-order valence-corrected chi connectivity index (χ4v) is 18.6. The molecule has 13 aromatic rings. The van der Waals surface area contributed by atoms with Gasteiger partial charge in [-0.2, -0.15) is 0 Å². The third kappa shape index (κ3) is 13.9. The van der Waals surface area contributed by atoms with E-state index in [2.05, 4.69) is 280 Å². The molecule has 11 aromatic carbocycles. The molecule has 0 aliphatic heterocycles. The SMILES string of the molecule is CCCCCCCCC1(CCCCCCCC)c2cc3c(cc2-c2c1cc(-c1ccc(N(c4ccccc4)c4ccccc4)cc1)c1oc4ccccc4c21)C(CCCCCCCC)(CCCCCCCC)c1cc(-c2ccc(N(c4ccccc4)c4ccccc4)cc2)c2oc4ccccc4c2c1-3. The Morgan fingerprint density at radius 3 is 0.817 bits per heavy atom. The summed E-state index contributed by atoms with van der Waals surface area (Å²) in [4.78, 5) is 4.76. The van der Waals surface area contributed by atoms with Crippen LogP contribution in [-0.2, 0) is 10.8 Å². The molecule has 0 radical (unpaired) electrons. The fourth-order valence-electron chi connectivity index (χ4n) is 18.6. The highest BCUT2D eigenvalue weighted by Gasteiger charge is 2.50. The molecule has 0 fully saturated rings. The van der Waals surface area contributed by atoms with Crippen LogP contribution in [0.15, 0.2) is 251 Å². The number of anilines is 6. The van der Waals surface area contributed by atoms with Gasteiger partial charge in [-0.25, -0.2) is 0 Å². The summed E-state index contributed by atoms with van der Waals surface area (Å²) in [7, 11) is 0. The predicted octanol–water partition coefficient (Wildman–Crippen LogP) is 31.3. The van der Waals surface area contributed by atoms with Crippen LogP contribution >= 0.6 is 0 Å². The Morgan fingerprint density at radius 2 is 0.510 bits per heavy atom. The standard InChI is InChI=1S/C100H108N2O2/c1-5-9-13-17-21-41-65-99(66-42-22-18-14-10-6-2)87-71-86-88(72-85(87)93-89(99)69-83(97-95(93)81-53-37-39-55-91(81)103-97)73-57-61-79(62-58-73)101(75-45-29-25-30-46-75)76-47-31-26-32-48-76)100(67-43-23-19-15-11-7-3,68-44-24-20-16-12-8-4)90-70-84(98-96(94(86)90)82-54-38-40-56-92(82)104-98)74-59-63-80(64-60-74)102(77-49-33-27-34-50-77)78-51-35-28-36-52-78/h25-40,45-64,69-72H,5-24,41-44,65-68H2,1-4H3. The minimum absolute atomic E-state index is 0.259. The maximum Gasteiger partial charge on any atom is 0.143 e. The van der Waals surface area contributed by atoms with Crippen molar-refractivity contribution in [3.63, 3.8) is 0 Å². The van der Waals surface area contributed by atoms with E-state index in [1.807, 2.05) is 0 Å². The smallest absolute Gasteiger partial charge is 0.143 e. The Kier molecular flexibility index (Phi) is 22.1. The van der Waals surface area contributed by atoms with Gasteiger partial charge in [-0.15, -0.1) is 0 Å². The first kappa shape index (κ1) is 70.3. The van der Waals surface area contributed by atoms with E-state index < -0.39 is 0 Å². The van der Waals surface area contributed by atoms with Crippen LogP contribution in [0, 0.1) is 0 Å². The molecule has 104 heavy (non-hydrogen) atoms. The summed E-state index contributed by atoms with van der Waals surface area (Å²) in [5.41, 5.74) is 26.8. The van der Waals surface area contributed by atoms with E-state index in [0.717, 1.165) is 82.1 Å². The van der Waals surface area contributed by atoms with Crippen LogP contribution < -0.4 is 9.80 Å². The number of hydrogen-bond acceptors (Lipinski definition) is 4. The van der Waals surface area contributed by atoms with Gasteiger partial charge < -0.3 is 18.6 Å². The maximum absolute atomic E-state index is 7.48. The van der Waals surface area contributed by atoms with Crippen LogP contribution in [0.5, 0.6) is 0 Å². The van der Waals surface area contributed by atoms with Gasteiger partial charge in [0.25, 0.3) is 0 Å². The summed E-state index contributed by atoms with van der Waals surface area (Å²) in [5.74, 6) is 0. The zero-order valence-corrected chi connectivity index (χ0v) is 62.6. The number of unbranched alkanes of at least 4 members (excludes halogenated alkanes) is 20. The van der Waals surface area contributed by atoms with Gasteiger partial charge in [-0.3, -0.25) is 0 Å². The number of nitrogens with zero attached hydrogens (tertiary/aromatic N) is 2. The van der Waals surface area contributed by atoms with Crippen molar-refractivity contribution >= 4 is 78.0 Å². The first-order valence-electron chi connectivity index (χ1n) is 40.7. The van der Waals surface area contributed by atoms with Crippen molar-refractivity contribution in [1.82, 2.24) is 0 Å². The zero-order valence-electron chi connectivity index (χ0n) is 62.6. The number of hydrogen-bond donors (Lipinski definition) is 0. The minimum atomic E-state index is -0.259. The first-order chi connectivity index (χ1) is 51.5. The van der Waals surface area contributed by atoms with Gasteiger partial charge >= 0.3 is 0 Å². The molecule has 4 nitrogen and oxygen atoms in total. The van der Waals surface area contributed by atoms with Crippen molar-refractivity contribution in [3.8, 4) is 44.5 Å². The van der Waals surface area contributed by atoms with Gasteiger partial charge in [-0.1, -0.05) is 315 Å². The summed E-state index contributed by atoms with van der Waals surface area (Å²) in [6.45, 7) is 9.42. The van der Waals surface area contributed by atoms with Gasteiger partial charge in [0.1, 0.15) is 22.3 Å². The molecule has 2 heterocycles. The quantitative estimate of drug-likeness (QED) is 0.0367. The second-order valence-corrected chi connectivity index (χ2v) is 30.6. The number of para-hydroxylation sites is 6. The zero-order chi connectivity index (χ0) is 70.7. The van der Waals surface area contributed by atoms with Crippen molar-refractivity contribution in [3.05, 3.63) is 265 Å². The summed E-state index contributed by atoms with van der Waals surface area (Å²) < 4.78 is 15.0. The lowest BCUT2D eigenvalue weighted by Gasteiger charge is -2.35. The molecule has 0 amide bonds. The largest absolute Gasteiger partial charge is 0.455 e. The van der Waals surface area contributed by atoms with Crippen LogP contribution in [0.3, 0.4) is 0 Å². The van der Waals surface area contributed by atoms with Gasteiger partial charge in [0, 0.05) is 77.6 Å². The number of benzene rings is 11. The average Bonchev–Trinajstić information content (AvgIpc) is 1.51. The van der Waals surface area contributed by atoms with E-state index >= 15 is 0 Å². The lowest BCUT2D eigenvalue weighted by Crippen LogP contribution is -2.27. The van der Waals surface area contributed by atoms with Gasteiger partial charge in [0.05, 0.1) is 0 Å². The lowest BCUT2D eigenvalue weighted by atomic mass is 9.68. The third-order valence-electron chi connectivity index (χ3n) is 23.8. The summed E-state index contributed by atoms with van der Waals surface area (Å²) in [6.07, 6.45) is 34.6. The van der Waals surface area contributed by atoms with E-state index in [1.54, 1.807) is 0 Å². The Morgan fingerprint density at radius 1 is 0.250 bits per heavy atom. The van der Waals surface area contributed by atoms with Crippen LogP contribution in [0.2, 0.25) is 0 Å². The molecule has 0 unspecified atom stereocenters. The van der Waals surface area contributed by atoms with E-state index in [4.69, 9.17) is 8.83 Å². The van der Waals surface area contributed by atoms with Crippen LogP contribution in [0.4, 0.5) is 34.1 Å². The van der Waals surface area contributed by atoms with E-state index in [-0.39, 0.29) is 10.8 Å². The normalized spacial score (nSPS) is 13.3. The Bertz CT molecular complexity index is 4540. The predicted molar refractivity (Wildman–Crippen MR) is 446 cm³/mol. The second kappa shape index (κ2) is 32.7.